The van der Waals surface area contributed by atoms with Crippen molar-refractivity contribution in [2.75, 3.05) is 0 Å². The molecular weight excluding hydrogens is 559 g/mol. The van der Waals surface area contributed by atoms with E-state index in [2.05, 4.69) is 24.9 Å². The van der Waals surface area contributed by atoms with Gasteiger partial charge >= 0.3 is 218 Å². The van der Waals surface area contributed by atoms with Crippen LogP contribution in [0.5, 0.6) is 0 Å². The number of benzene rings is 2. The number of carbonyl (C=O) groups is 1. The molecule has 0 N–H and O–H groups in total. The van der Waals surface area contributed by atoms with Crippen molar-refractivity contribution in [3.05, 3.63) is 69.8 Å². The Kier molecular flexibility index (Phi) is 9.84. The summed E-state index contributed by atoms with van der Waals surface area (Å²) >= 11 is -2.95. The Morgan fingerprint density at radius 3 is 1.89 bits per heavy atom. The average molecular weight is 601 g/mol. The maximum absolute atomic E-state index is 14.4. The Labute approximate surface area is 217 Å². The van der Waals surface area contributed by atoms with E-state index in [0.29, 0.717) is 0 Å². The molecule has 5 heteroatoms. The van der Waals surface area contributed by atoms with Gasteiger partial charge in [-0.15, -0.1) is 0 Å². The molecule has 0 amide bonds. The van der Waals surface area contributed by atoms with Gasteiger partial charge in [0.05, 0.1) is 0 Å². The van der Waals surface area contributed by atoms with Crippen molar-refractivity contribution in [3.8, 4) is 0 Å². The van der Waals surface area contributed by atoms with Crippen LogP contribution in [0, 0.1) is 0 Å². The van der Waals surface area contributed by atoms with Crippen LogP contribution >= 0.6 is 0 Å². The zero-order valence-corrected chi connectivity index (χ0v) is 25.6. The monoisotopic (exact) mass is 602 g/mol. The molecule has 0 saturated heterocycles. The molecule has 2 aromatic carbocycles. The fourth-order valence-electron chi connectivity index (χ4n) is 5.74. The minimum atomic E-state index is -3.93. The Hall–Kier alpha value is -1.40. The molecule has 0 saturated carbocycles. The van der Waals surface area contributed by atoms with E-state index in [1.165, 1.54) is 39.5 Å². The van der Waals surface area contributed by atoms with Crippen LogP contribution in [0.3, 0.4) is 0 Å². The first-order valence-corrected chi connectivity index (χ1v) is 22.6. The topological polar surface area (TPSA) is 51.2 Å². The molecule has 0 spiro atoms. The first kappa shape index (κ1) is 28.2. The van der Waals surface area contributed by atoms with Crippen molar-refractivity contribution < 1.29 is 13.2 Å². The predicted molar refractivity (Wildman–Crippen MR) is 150 cm³/mol. The van der Waals surface area contributed by atoms with Crippen molar-refractivity contribution in [2.45, 2.75) is 95.6 Å². The molecule has 0 heterocycles. The summed E-state index contributed by atoms with van der Waals surface area (Å²) in [5, 5.41) is 0. The van der Waals surface area contributed by atoms with Crippen molar-refractivity contribution in [1.29, 1.82) is 0 Å². The van der Waals surface area contributed by atoms with Crippen molar-refractivity contribution in [1.82, 2.24) is 0 Å². The number of carbonyl (C=O) groups excluding carboxylic acids is 1. The molecule has 1 atom stereocenters. The van der Waals surface area contributed by atoms with Gasteiger partial charge < -0.3 is 0 Å². The Morgan fingerprint density at radius 2 is 1.37 bits per heavy atom. The second-order valence-electron chi connectivity index (χ2n) is 10.3. The number of fused-ring (bicyclic) bond motifs is 1. The van der Waals surface area contributed by atoms with E-state index in [4.69, 9.17) is 0 Å². The van der Waals surface area contributed by atoms with Crippen LogP contribution < -0.4 is 0 Å². The third-order valence-electron chi connectivity index (χ3n) is 7.80. The number of unbranched alkanes of at least 4 members (excludes halogenated alkanes) is 3. The predicted octanol–water partition coefficient (Wildman–Crippen LogP) is 7.82. The molecule has 2 aromatic rings. The molecule has 35 heavy (non-hydrogen) atoms. The molecule has 190 valence electrons. The molecule has 0 radical (unpaired) electrons. The molecule has 0 bridgehead atoms. The molecule has 0 fully saturated rings. The quantitative estimate of drug-likeness (QED) is 0.220. The molecule has 1 aliphatic rings. The number of ketones is 1. The molecule has 3 rings (SSSR count). The van der Waals surface area contributed by atoms with Gasteiger partial charge in [0.15, 0.2) is 0 Å². The number of sulfone groups is 1. The molecule has 3 nitrogen and oxygen atoms in total. The fraction of sp³-hybridized carbons (Fsp3) is 0.500. The first-order chi connectivity index (χ1) is 16.8. The molecule has 1 aliphatic carbocycles. The average Bonchev–Trinajstić information content (AvgIpc) is 3.21. The zero-order valence-electron chi connectivity index (χ0n) is 22.0. The van der Waals surface area contributed by atoms with Crippen LogP contribution in [0.2, 0.25) is 13.3 Å². The van der Waals surface area contributed by atoms with Gasteiger partial charge in [0, 0.05) is 0 Å². The second-order valence-corrected chi connectivity index (χ2v) is 25.3. The van der Waals surface area contributed by atoms with E-state index < -0.39 is 33.0 Å². The second kappa shape index (κ2) is 12.2. The van der Waals surface area contributed by atoms with E-state index in [0.717, 1.165) is 36.0 Å². The van der Waals surface area contributed by atoms with Crippen LogP contribution in [0.25, 0.3) is 5.57 Å². The number of Topliss-reactive ketones (excluding diaryl/α,β-unsaturated/α-hetero) is 1. The van der Waals surface area contributed by atoms with Gasteiger partial charge in [-0.25, -0.2) is 0 Å². The van der Waals surface area contributed by atoms with Gasteiger partial charge in [0.2, 0.25) is 0 Å². The van der Waals surface area contributed by atoms with Crippen molar-refractivity contribution in [3.63, 3.8) is 0 Å². The van der Waals surface area contributed by atoms with Crippen LogP contribution in [-0.4, -0.2) is 37.3 Å². The van der Waals surface area contributed by atoms with Crippen LogP contribution in [-0.2, 0) is 21.1 Å². The molecule has 1 unspecified atom stereocenters. The normalized spacial score (nSPS) is 19.1. The zero-order chi connectivity index (χ0) is 25.5. The van der Waals surface area contributed by atoms with E-state index in [1.54, 1.807) is 24.3 Å². The summed E-state index contributed by atoms with van der Waals surface area (Å²) in [5.74, 6) is -0.259. The van der Waals surface area contributed by atoms with Crippen LogP contribution in [0.4, 0.5) is 0 Å². The number of hydrogen-bond donors (Lipinski definition) is 0. The van der Waals surface area contributed by atoms with E-state index >= 15 is 0 Å². The minimum absolute atomic E-state index is 0.235. The van der Waals surface area contributed by atoms with Crippen molar-refractivity contribution in [2.24, 2.45) is 0 Å². The molecule has 0 aromatic heterocycles. The maximum atomic E-state index is 14.4. The van der Waals surface area contributed by atoms with Crippen LogP contribution in [0.15, 0.2) is 63.6 Å². The Balaban J connectivity index is 2.33. The third-order valence-corrected chi connectivity index (χ3v) is 24.4. The molecule has 0 aliphatic heterocycles. The summed E-state index contributed by atoms with van der Waals surface area (Å²) < 4.78 is 33.4. The van der Waals surface area contributed by atoms with Gasteiger partial charge in [0.25, 0.3) is 0 Å². The third kappa shape index (κ3) is 5.63. The summed E-state index contributed by atoms with van der Waals surface area (Å²) in [6.07, 6.45) is 7.25. The van der Waals surface area contributed by atoms with Crippen molar-refractivity contribution >= 4 is 39.6 Å². The summed E-state index contributed by atoms with van der Waals surface area (Å²) in [6, 6.07) is 16.6. The first-order valence-electron chi connectivity index (χ1n) is 13.4. The fourth-order valence-corrected chi connectivity index (χ4v) is 23.5. The summed E-state index contributed by atoms with van der Waals surface area (Å²) in [6.45, 7) is 8.22. The van der Waals surface area contributed by atoms with Gasteiger partial charge in [0.1, 0.15) is 0 Å². The summed E-state index contributed by atoms with van der Waals surface area (Å²) in [5.41, 5.74) is 2.77. The van der Waals surface area contributed by atoms with Gasteiger partial charge in [-0.1, -0.05) is 0 Å². The number of rotatable bonds is 13. The van der Waals surface area contributed by atoms with Gasteiger partial charge in [-0.2, -0.15) is 0 Å². The SMILES string of the molecule is CCC[CH2][Sn](/[CH]=C1\c2ccccc2CC1(C(C)=O)S(=O)(=O)c1ccccc1)([CH2]CCC)[CH2]CCC. The summed E-state index contributed by atoms with van der Waals surface area (Å²) in [7, 11) is -3.93. The Bertz CT molecular complexity index is 1120. The standard InChI is InChI=1S/C18H15O3S.3C4H9.Sn/c1-13-17-11-7-6-8-15(17)12-18(13,14(2)19)22(20,21)16-9-4-3-5-10-16;3*1-3-4-2;/h1,3-11H,12H2,2H3;3*1,3-4H2,2H3;. The van der Waals surface area contributed by atoms with Gasteiger partial charge in [-0.05, 0) is 0 Å². The van der Waals surface area contributed by atoms with E-state index in [-0.39, 0.29) is 17.1 Å². The number of hydrogen-bond acceptors (Lipinski definition) is 3. The van der Waals surface area contributed by atoms with Crippen LogP contribution in [0.1, 0.15) is 77.3 Å². The Morgan fingerprint density at radius 1 is 0.857 bits per heavy atom. The van der Waals surface area contributed by atoms with Gasteiger partial charge in [-0.3, -0.25) is 0 Å². The van der Waals surface area contributed by atoms with E-state index in [1.807, 2.05) is 30.3 Å². The molecular formula is C30H42O3SSn. The summed E-state index contributed by atoms with van der Waals surface area (Å²) in [4.78, 5) is 13.8. The van der Waals surface area contributed by atoms with E-state index in [9.17, 15) is 13.2 Å².